The first-order valence-corrected chi connectivity index (χ1v) is 5.25. The molecule has 1 atom stereocenters. The van der Waals surface area contributed by atoms with E-state index < -0.39 is 0 Å². The SMILES string of the molecule is CCC[C@H](O)CNCc1ccccc1. The largest absolute Gasteiger partial charge is 0.392 e. The minimum absolute atomic E-state index is 0.205. The van der Waals surface area contributed by atoms with Gasteiger partial charge < -0.3 is 10.4 Å². The number of aliphatic hydroxyl groups excluding tert-OH is 1. The number of aliphatic hydroxyl groups is 1. The minimum Gasteiger partial charge on any atom is -0.392 e. The molecule has 0 saturated heterocycles. The van der Waals surface area contributed by atoms with Crippen LogP contribution in [-0.4, -0.2) is 17.8 Å². The van der Waals surface area contributed by atoms with E-state index in [0.717, 1.165) is 19.4 Å². The Bertz CT molecular complexity index is 235. The molecule has 1 aromatic carbocycles. The number of nitrogens with one attached hydrogen (secondary N) is 1. The van der Waals surface area contributed by atoms with Crippen LogP contribution in [0, 0.1) is 0 Å². The monoisotopic (exact) mass is 193 g/mol. The molecule has 0 aromatic heterocycles. The summed E-state index contributed by atoms with van der Waals surface area (Å²) in [4.78, 5) is 0. The third-order valence-electron chi connectivity index (χ3n) is 2.17. The Morgan fingerprint density at radius 2 is 2.00 bits per heavy atom. The van der Waals surface area contributed by atoms with Gasteiger partial charge in [-0.25, -0.2) is 0 Å². The highest BCUT2D eigenvalue weighted by Gasteiger charge is 2.00. The Balaban J connectivity index is 2.16. The second kappa shape index (κ2) is 6.57. The molecule has 2 N–H and O–H groups in total. The summed E-state index contributed by atoms with van der Waals surface area (Å²) in [7, 11) is 0. The van der Waals surface area contributed by atoms with Gasteiger partial charge in [0.15, 0.2) is 0 Å². The van der Waals surface area contributed by atoms with Crippen LogP contribution in [0.15, 0.2) is 30.3 Å². The van der Waals surface area contributed by atoms with E-state index in [1.54, 1.807) is 0 Å². The summed E-state index contributed by atoms with van der Waals surface area (Å²) in [6.45, 7) is 3.60. The predicted molar refractivity (Wildman–Crippen MR) is 59.1 cm³/mol. The van der Waals surface area contributed by atoms with Gasteiger partial charge in [0.05, 0.1) is 6.10 Å². The van der Waals surface area contributed by atoms with Crippen LogP contribution >= 0.6 is 0 Å². The lowest BCUT2D eigenvalue weighted by molar-refractivity contribution is 0.160. The molecular weight excluding hydrogens is 174 g/mol. The maximum absolute atomic E-state index is 9.46. The quantitative estimate of drug-likeness (QED) is 0.723. The number of hydrogen-bond acceptors (Lipinski definition) is 2. The molecule has 0 aliphatic rings. The number of hydrogen-bond donors (Lipinski definition) is 2. The van der Waals surface area contributed by atoms with Crippen LogP contribution in [0.3, 0.4) is 0 Å². The molecule has 14 heavy (non-hydrogen) atoms. The lowest BCUT2D eigenvalue weighted by Crippen LogP contribution is -2.26. The van der Waals surface area contributed by atoms with Crippen molar-refractivity contribution >= 4 is 0 Å². The smallest absolute Gasteiger partial charge is 0.0664 e. The molecule has 2 nitrogen and oxygen atoms in total. The van der Waals surface area contributed by atoms with Crippen molar-refractivity contribution in [3.05, 3.63) is 35.9 Å². The molecule has 0 spiro atoms. The fourth-order valence-electron chi connectivity index (χ4n) is 1.41. The zero-order chi connectivity index (χ0) is 10.2. The Hall–Kier alpha value is -0.860. The van der Waals surface area contributed by atoms with E-state index >= 15 is 0 Å². The zero-order valence-electron chi connectivity index (χ0n) is 8.74. The molecule has 0 aliphatic heterocycles. The van der Waals surface area contributed by atoms with Crippen LogP contribution in [0.5, 0.6) is 0 Å². The standard InChI is InChI=1S/C12H19NO/c1-2-6-12(14)10-13-9-11-7-4-3-5-8-11/h3-5,7-8,12-14H,2,6,9-10H2,1H3/t12-/m0/s1. The lowest BCUT2D eigenvalue weighted by atomic mass is 10.2. The van der Waals surface area contributed by atoms with Crippen molar-refractivity contribution < 1.29 is 5.11 Å². The molecule has 0 unspecified atom stereocenters. The molecule has 0 fully saturated rings. The second-order valence-electron chi connectivity index (χ2n) is 3.56. The molecular formula is C12H19NO. The average molecular weight is 193 g/mol. The van der Waals surface area contributed by atoms with E-state index in [9.17, 15) is 5.11 Å². The molecule has 0 saturated carbocycles. The number of rotatable bonds is 6. The molecule has 2 heteroatoms. The number of benzene rings is 1. The average Bonchev–Trinajstić information content (AvgIpc) is 2.20. The van der Waals surface area contributed by atoms with Gasteiger partial charge in [0.1, 0.15) is 0 Å². The van der Waals surface area contributed by atoms with Gasteiger partial charge >= 0.3 is 0 Å². The van der Waals surface area contributed by atoms with Crippen molar-refractivity contribution in [3.63, 3.8) is 0 Å². The van der Waals surface area contributed by atoms with Crippen molar-refractivity contribution in [3.8, 4) is 0 Å². The summed E-state index contributed by atoms with van der Waals surface area (Å²) in [5.74, 6) is 0. The molecule has 0 aliphatic carbocycles. The van der Waals surface area contributed by atoms with Gasteiger partial charge in [0.25, 0.3) is 0 Å². The fraction of sp³-hybridized carbons (Fsp3) is 0.500. The van der Waals surface area contributed by atoms with Crippen molar-refractivity contribution in [1.82, 2.24) is 5.32 Å². The van der Waals surface area contributed by atoms with Gasteiger partial charge in [-0.05, 0) is 12.0 Å². The first kappa shape index (κ1) is 11.2. The van der Waals surface area contributed by atoms with E-state index in [4.69, 9.17) is 0 Å². The first-order valence-electron chi connectivity index (χ1n) is 5.25. The van der Waals surface area contributed by atoms with Crippen molar-refractivity contribution in [2.75, 3.05) is 6.54 Å². The van der Waals surface area contributed by atoms with E-state index in [-0.39, 0.29) is 6.10 Å². The highest BCUT2D eigenvalue weighted by molar-refractivity contribution is 5.14. The molecule has 1 rings (SSSR count). The van der Waals surface area contributed by atoms with Gasteiger partial charge in [-0.3, -0.25) is 0 Å². The summed E-state index contributed by atoms with van der Waals surface area (Å²) in [6, 6.07) is 10.2. The normalized spacial score (nSPS) is 12.7. The third kappa shape index (κ3) is 4.40. The Morgan fingerprint density at radius 1 is 1.29 bits per heavy atom. The molecule has 0 amide bonds. The van der Waals surface area contributed by atoms with Gasteiger partial charge in [-0.2, -0.15) is 0 Å². The van der Waals surface area contributed by atoms with E-state index in [2.05, 4.69) is 24.4 Å². The van der Waals surface area contributed by atoms with Crippen molar-refractivity contribution in [2.24, 2.45) is 0 Å². The molecule has 1 aromatic rings. The van der Waals surface area contributed by atoms with Crippen LogP contribution < -0.4 is 5.32 Å². The third-order valence-corrected chi connectivity index (χ3v) is 2.17. The van der Waals surface area contributed by atoms with E-state index in [1.165, 1.54) is 5.56 Å². The summed E-state index contributed by atoms with van der Waals surface area (Å²) in [5.41, 5.74) is 1.26. The summed E-state index contributed by atoms with van der Waals surface area (Å²) < 4.78 is 0. The van der Waals surface area contributed by atoms with Crippen LogP contribution in [0.2, 0.25) is 0 Å². The molecule has 0 heterocycles. The van der Waals surface area contributed by atoms with Crippen LogP contribution in [0.1, 0.15) is 25.3 Å². The Labute approximate surface area is 86.0 Å². The highest BCUT2D eigenvalue weighted by Crippen LogP contribution is 1.98. The first-order chi connectivity index (χ1) is 6.83. The van der Waals surface area contributed by atoms with Gasteiger partial charge in [0.2, 0.25) is 0 Å². The van der Waals surface area contributed by atoms with Gasteiger partial charge in [-0.15, -0.1) is 0 Å². The Morgan fingerprint density at radius 3 is 2.64 bits per heavy atom. The summed E-state index contributed by atoms with van der Waals surface area (Å²) >= 11 is 0. The second-order valence-corrected chi connectivity index (χ2v) is 3.56. The van der Waals surface area contributed by atoms with Crippen LogP contribution in [0.25, 0.3) is 0 Å². The van der Waals surface area contributed by atoms with E-state index in [1.807, 2.05) is 18.2 Å². The van der Waals surface area contributed by atoms with Crippen LogP contribution in [0.4, 0.5) is 0 Å². The maximum atomic E-state index is 9.46. The minimum atomic E-state index is -0.205. The summed E-state index contributed by atoms with van der Waals surface area (Å²) in [5, 5.41) is 12.7. The zero-order valence-corrected chi connectivity index (χ0v) is 8.74. The van der Waals surface area contributed by atoms with Gasteiger partial charge in [0, 0.05) is 13.1 Å². The lowest BCUT2D eigenvalue weighted by Gasteiger charge is -2.10. The van der Waals surface area contributed by atoms with Crippen LogP contribution in [-0.2, 0) is 6.54 Å². The van der Waals surface area contributed by atoms with Crippen molar-refractivity contribution in [1.29, 1.82) is 0 Å². The summed E-state index contributed by atoms with van der Waals surface area (Å²) in [6.07, 6.45) is 1.71. The maximum Gasteiger partial charge on any atom is 0.0664 e. The topological polar surface area (TPSA) is 32.3 Å². The fourth-order valence-corrected chi connectivity index (χ4v) is 1.41. The van der Waals surface area contributed by atoms with E-state index in [0.29, 0.717) is 6.54 Å². The predicted octanol–water partition coefficient (Wildman–Crippen LogP) is 1.94. The highest BCUT2D eigenvalue weighted by atomic mass is 16.3. The molecule has 78 valence electrons. The Kier molecular flexibility index (Phi) is 5.27. The molecule has 0 radical (unpaired) electrons. The van der Waals surface area contributed by atoms with Gasteiger partial charge in [-0.1, -0.05) is 43.7 Å². The molecule has 0 bridgehead atoms. The van der Waals surface area contributed by atoms with Crippen molar-refractivity contribution in [2.45, 2.75) is 32.4 Å².